The SMILES string of the molecule is CCn1nc(C)c(Cl)c1CNCC1CC(Cl)C1. The summed E-state index contributed by atoms with van der Waals surface area (Å²) in [6.45, 7) is 6.69. The van der Waals surface area contributed by atoms with E-state index in [2.05, 4.69) is 17.3 Å². The maximum Gasteiger partial charge on any atom is 0.0860 e. The van der Waals surface area contributed by atoms with Gasteiger partial charge in [-0.1, -0.05) is 11.6 Å². The first-order chi connectivity index (χ1) is 8.11. The van der Waals surface area contributed by atoms with Gasteiger partial charge in [0.15, 0.2) is 0 Å². The Bertz CT molecular complexity index is 383. The number of alkyl halides is 1. The van der Waals surface area contributed by atoms with Gasteiger partial charge in [-0.25, -0.2) is 0 Å². The summed E-state index contributed by atoms with van der Waals surface area (Å²) in [4.78, 5) is 0. The lowest BCUT2D eigenvalue weighted by Crippen LogP contribution is -2.33. The third-order valence-corrected chi connectivity index (χ3v) is 4.20. The third kappa shape index (κ3) is 2.95. The molecule has 1 aliphatic carbocycles. The predicted molar refractivity (Wildman–Crippen MR) is 71.7 cm³/mol. The van der Waals surface area contributed by atoms with E-state index in [1.165, 1.54) is 0 Å². The van der Waals surface area contributed by atoms with Crippen LogP contribution in [0.2, 0.25) is 5.02 Å². The molecular weight excluding hydrogens is 257 g/mol. The topological polar surface area (TPSA) is 29.9 Å². The van der Waals surface area contributed by atoms with Gasteiger partial charge in [0.1, 0.15) is 0 Å². The lowest BCUT2D eigenvalue weighted by atomic mass is 9.85. The third-order valence-electron chi connectivity index (χ3n) is 3.36. The molecule has 1 aromatic heterocycles. The van der Waals surface area contributed by atoms with Gasteiger partial charge in [0.2, 0.25) is 0 Å². The van der Waals surface area contributed by atoms with E-state index in [0.29, 0.717) is 5.38 Å². The highest BCUT2D eigenvalue weighted by Gasteiger charge is 2.26. The van der Waals surface area contributed by atoms with Crippen LogP contribution in [0.3, 0.4) is 0 Å². The molecule has 3 nitrogen and oxygen atoms in total. The monoisotopic (exact) mass is 275 g/mol. The summed E-state index contributed by atoms with van der Waals surface area (Å²) in [7, 11) is 0. The van der Waals surface area contributed by atoms with E-state index in [1.807, 2.05) is 11.6 Å². The molecule has 5 heteroatoms. The highest BCUT2D eigenvalue weighted by atomic mass is 35.5. The molecule has 0 atom stereocenters. The van der Waals surface area contributed by atoms with Crippen LogP contribution in [0.1, 0.15) is 31.2 Å². The first-order valence-corrected chi connectivity index (χ1v) is 6.99. The van der Waals surface area contributed by atoms with Gasteiger partial charge in [0.05, 0.1) is 16.4 Å². The number of nitrogens with one attached hydrogen (secondary N) is 1. The maximum atomic E-state index is 6.23. The molecule has 0 radical (unpaired) electrons. The standard InChI is InChI=1S/C12H19Cl2N3/c1-3-17-11(12(14)8(2)16-17)7-15-6-9-4-10(13)5-9/h9-10,15H,3-7H2,1-2H3. The number of rotatable bonds is 5. The van der Waals surface area contributed by atoms with Crippen molar-refractivity contribution in [3.8, 4) is 0 Å². The van der Waals surface area contributed by atoms with Gasteiger partial charge < -0.3 is 5.32 Å². The summed E-state index contributed by atoms with van der Waals surface area (Å²) in [6.07, 6.45) is 2.27. The quantitative estimate of drug-likeness (QED) is 0.838. The largest absolute Gasteiger partial charge is 0.311 e. The Labute approximate surface area is 112 Å². The summed E-state index contributed by atoms with van der Waals surface area (Å²) >= 11 is 12.2. The van der Waals surface area contributed by atoms with E-state index in [9.17, 15) is 0 Å². The van der Waals surface area contributed by atoms with Crippen molar-refractivity contribution >= 4 is 23.2 Å². The minimum Gasteiger partial charge on any atom is -0.311 e. The molecule has 1 fully saturated rings. The average molecular weight is 276 g/mol. The molecule has 96 valence electrons. The highest BCUT2D eigenvalue weighted by Crippen LogP contribution is 2.31. The molecular formula is C12H19Cl2N3. The Morgan fingerprint density at radius 3 is 2.76 bits per heavy atom. The second-order valence-corrected chi connectivity index (χ2v) is 5.72. The van der Waals surface area contributed by atoms with E-state index in [1.54, 1.807) is 0 Å². The number of aryl methyl sites for hydroxylation is 2. The summed E-state index contributed by atoms with van der Waals surface area (Å²) in [5.74, 6) is 0.732. The molecule has 0 aromatic carbocycles. The molecule has 2 rings (SSSR count). The average Bonchev–Trinajstić information content (AvgIpc) is 2.54. The smallest absolute Gasteiger partial charge is 0.0860 e. The molecule has 1 aromatic rings. The van der Waals surface area contributed by atoms with E-state index >= 15 is 0 Å². The van der Waals surface area contributed by atoms with Crippen LogP contribution in [-0.4, -0.2) is 21.7 Å². The van der Waals surface area contributed by atoms with Crippen molar-refractivity contribution in [1.29, 1.82) is 0 Å². The van der Waals surface area contributed by atoms with Crippen LogP contribution in [0.25, 0.3) is 0 Å². The fourth-order valence-electron chi connectivity index (χ4n) is 2.25. The van der Waals surface area contributed by atoms with Crippen LogP contribution < -0.4 is 5.32 Å². The van der Waals surface area contributed by atoms with Crippen molar-refractivity contribution in [3.05, 3.63) is 16.4 Å². The Balaban J connectivity index is 1.85. The van der Waals surface area contributed by atoms with Crippen molar-refractivity contribution in [2.45, 2.75) is 45.2 Å². The van der Waals surface area contributed by atoms with Gasteiger partial charge in [0, 0.05) is 18.5 Å². The van der Waals surface area contributed by atoms with Crippen LogP contribution >= 0.6 is 23.2 Å². The first kappa shape index (κ1) is 13.2. The summed E-state index contributed by atoms with van der Waals surface area (Å²) in [5, 5.41) is 9.04. The van der Waals surface area contributed by atoms with Gasteiger partial charge >= 0.3 is 0 Å². The Hall–Kier alpha value is -0.250. The number of aromatic nitrogens is 2. The summed E-state index contributed by atoms with van der Waals surface area (Å²) < 4.78 is 1.97. The minimum atomic E-state index is 0.397. The molecule has 0 unspecified atom stereocenters. The van der Waals surface area contributed by atoms with Crippen molar-refractivity contribution in [1.82, 2.24) is 15.1 Å². The lowest BCUT2D eigenvalue weighted by molar-refractivity contribution is 0.307. The van der Waals surface area contributed by atoms with Crippen LogP contribution in [0, 0.1) is 12.8 Å². The molecule has 1 saturated carbocycles. The highest BCUT2D eigenvalue weighted by molar-refractivity contribution is 6.31. The van der Waals surface area contributed by atoms with Crippen molar-refractivity contribution in [2.24, 2.45) is 5.92 Å². The first-order valence-electron chi connectivity index (χ1n) is 6.18. The van der Waals surface area contributed by atoms with Crippen LogP contribution in [0.4, 0.5) is 0 Å². The molecule has 1 heterocycles. The molecule has 1 N–H and O–H groups in total. The lowest BCUT2D eigenvalue weighted by Gasteiger charge is -2.31. The Kier molecular flexibility index (Phi) is 4.34. The minimum absolute atomic E-state index is 0.397. The molecule has 0 aliphatic heterocycles. The molecule has 1 aliphatic rings. The van der Waals surface area contributed by atoms with Gasteiger partial charge in [-0.3, -0.25) is 4.68 Å². The Morgan fingerprint density at radius 2 is 2.18 bits per heavy atom. The van der Waals surface area contributed by atoms with Crippen LogP contribution in [-0.2, 0) is 13.1 Å². The number of hydrogen-bond donors (Lipinski definition) is 1. The summed E-state index contributed by atoms with van der Waals surface area (Å²) in [5.41, 5.74) is 2.00. The summed E-state index contributed by atoms with van der Waals surface area (Å²) in [6, 6.07) is 0. The van der Waals surface area contributed by atoms with Crippen LogP contribution in [0.5, 0.6) is 0 Å². The van der Waals surface area contributed by atoms with E-state index in [4.69, 9.17) is 23.2 Å². The van der Waals surface area contributed by atoms with E-state index in [-0.39, 0.29) is 0 Å². The predicted octanol–water partition coefficient (Wildman–Crippen LogP) is 2.97. The number of hydrogen-bond acceptors (Lipinski definition) is 2. The van der Waals surface area contributed by atoms with Gasteiger partial charge in [-0.2, -0.15) is 5.10 Å². The fourth-order valence-corrected chi connectivity index (χ4v) is 2.96. The molecule has 0 bridgehead atoms. The second-order valence-electron chi connectivity index (χ2n) is 4.73. The van der Waals surface area contributed by atoms with Gasteiger partial charge in [0.25, 0.3) is 0 Å². The van der Waals surface area contributed by atoms with Crippen molar-refractivity contribution < 1.29 is 0 Å². The zero-order valence-electron chi connectivity index (χ0n) is 10.3. The van der Waals surface area contributed by atoms with Crippen molar-refractivity contribution in [3.63, 3.8) is 0 Å². The van der Waals surface area contributed by atoms with Gasteiger partial charge in [-0.15, -0.1) is 11.6 Å². The second kappa shape index (κ2) is 5.59. The molecule has 0 saturated heterocycles. The van der Waals surface area contributed by atoms with E-state index in [0.717, 1.165) is 54.8 Å². The molecule has 0 amide bonds. The number of halogens is 2. The maximum absolute atomic E-state index is 6.23. The zero-order chi connectivity index (χ0) is 12.4. The van der Waals surface area contributed by atoms with E-state index < -0.39 is 0 Å². The van der Waals surface area contributed by atoms with Crippen LogP contribution in [0.15, 0.2) is 0 Å². The Morgan fingerprint density at radius 1 is 1.47 bits per heavy atom. The number of nitrogens with zero attached hydrogens (tertiary/aromatic N) is 2. The zero-order valence-corrected chi connectivity index (χ0v) is 11.9. The van der Waals surface area contributed by atoms with Gasteiger partial charge in [-0.05, 0) is 39.2 Å². The van der Waals surface area contributed by atoms with Crippen molar-refractivity contribution in [2.75, 3.05) is 6.54 Å². The molecule has 17 heavy (non-hydrogen) atoms. The molecule has 0 spiro atoms. The normalized spacial score (nSPS) is 23.8. The fraction of sp³-hybridized carbons (Fsp3) is 0.750.